The van der Waals surface area contributed by atoms with Crippen LogP contribution in [0.2, 0.25) is 0 Å². The summed E-state index contributed by atoms with van der Waals surface area (Å²) in [4.78, 5) is 0.129. The Bertz CT molecular complexity index is 868. The molecule has 1 N–H and O–H groups in total. The van der Waals surface area contributed by atoms with E-state index in [1.165, 1.54) is 16.3 Å². The van der Waals surface area contributed by atoms with Crippen LogP contribution in [0.25, 0.3) is 0 Å². The van der Waals surface area contributed by atoms with Crippen molar-refractivity contribution in [3.8, 4) is 0 Å². The fraction of sp³-hybridized carbons (Fsp3) is 0.571. The van der Waals surface area contributed by atoms with Gasteiger partial charge in [-0.2, -0.15) is 23.4 Å². The van der Waals surface area contributed by atoms with E-state index >= 15 is 0 Å². The molecule has 2 heterocycles. The molecule has 0 aliphatic heterocycles. The highest BCUT2D eigenvalue weighted by molar-refractivity contribution is 7.89. The highest BCUT2D eigenvalue weighted by Gasteiger charge is 2.34. The van der Waals surface area contributed by atoms with Crippen molar-refractivity contribution in [2.24, 2.45) is 7.05 Å². The molecule has 140 valence electrons. The average molecular weight is 379 g/mol. The van der Waals surface area contributed by atoms with E-state index in [2.05, 4.69) is 14.9 Å². The molecule has 0 aliphatic rings. The third kappa shape index (κ3) is 4.21. The first-order valence-electron chi connectivity index (χ1n) is 7.55. The Labute approximate surface area is 143 Å². The van der Waals surface area contributed by atoms with E-state index in [4.69, 9.17) is 0 Å². The van der Waals surface area contributed by atoms with Gasteiger partial charge in [0, 0.05) is 25.8 Å². The summed E-state index contributed by atoms with van der Waals surface area (Å²) in [6.07, 6.45) is -4.19. The lowest BCUT2D eigenvalue weighted by Crippen LogP contribution is -2.26. The zero-order chi connectivity index (χ0) is 19.0. The largest absolute Gasteiger partial charge is 0.435 e. The van der Waals surface area contributed by atoms with Crippen LogP contribution in [-0.4, -0.2) is 34.5 Å². The first kappa shape index (κ1) is 19.4. The highest BCUT2D eigenvalue weighted by Crippen LogP contribution is 2.28. The maximum absolute atomic E-state index is 12.6. The summed E-state index contributed by atoms with van der Waals surface area (Å²) in [7, 11) is -2.07. The number of hydrogen-bond acceptors (Lipinski definition) is 4. The second-order valence-corrected chi connectivity index (χ2v) is 7.47. The van der Waals surface area contributed by atoms with Crippen molar-refractivity contribution in [2.75, 3.05) is 6.54 Å². The number of alkyl halides is 3. The van der Waals surface area contributed by atoms with E-state index in [1.54, 1.807) is 20.9 Å². The monoisotopic (exact) mass is 379 g/mol. The second kappa shape index (κ2) is 6.79. The lowest BCUT2D eigenvalue weighted by molar-refractivity contribution is -0.141. The maximum atomic E-state index is 12.6. The molecule has 2 aromatic heterocycles. The van der Waals surface area contributed by atoms with Crippen LogP contribution >= 0.6 is 0 Å². The molecule has 0 atom stereocenters. The molecule has 0 aliphatic carbocycles. The molecule has 0 aromatic carbocycles. The first-order chi connectivity index (χ1) is 11.4. The normalized spacial score (nSPS) is 12.8. The fourth-order valence-corrected chi connectivity index (χ4v) is 4.03. The minimum absolute atomic E-state index is 0.0801. The molecule has 11 heteroatoms. The number of rotatable bonds is 6. The van der Waals surface area contributed by atoms with Crippen LogP contribution in [0.5, 0.6) is 0 Å². The quantitative estimate of drug-likeness (QED) is 0.778. The van der Waals surface area contributed by atoms with Crippen molar-refractivity contribution in [3.05, 3.63) is 28.8 Å². The minimum Gasteiger partial charge on any atom is -0.271 e. The van der Waals surface area contributed by atoms with Crippen molar-refractivity contribution in [1.29, 1.82) is 0 Å². The summed E-state index contributed by atoms with van der Waals surface area (Å²) in [6, 6.07) is 0.965. The molecule has 0 fully saturated rings. The molecule has 2 aromatic rings. The van der Waals surface area contributed by atoms with Gasteiger partial charge in [0.1, 0.15) is 4.90 Å². The van der Waals surface area contributed by atoms with Crippen molar-refractivity contribution >= 4 is 10.0 Å². The Morgan fingerprint density at radius 1 is 1.20 bits per heavy atom. The lowest BCUT2D eigenvalue weighted by atomic mass is 10.3. The van der Waals surface area contributed by atoms with E-state index in [1.807, 2.05) is 0 Å². The molecule has 7 nitrogen and oxygen atoms in total. The molecule has 0 spiro atoms. The van der Waals surface area contributed by atoms with E-state index in [9.17, 15) is 21.6 Å². The molecular weight excluding hydrogens is 359 g/mol. The van der Waals surface area contributed by atoms with Gasteiger partial charge in [0.05, 0.1) is 11.4 Å². The van der Waals surface area contributed by atoms with Crippen LogP contribution in [-0.2, 0) is 29.8 Å². The van der Waals surface area contributed by atoms with Crippen molar-refractivity contribution in [2.45, 2.75) is 44.8 Å². The zero-order valence-corrected chi connectivity index (χ0v) is 15.2. The predicted octanol–water partition coefficient (Wildman–Crippen LogP) is 1.93. The van der Waals surface area contributed by atoms with Gasteiger partial charge < -0.3 is 0 Å². The zero-order valence-electron chi connectivity index (χ0n) is 14.3. The lowest BCUT2D eigenvalue weighted by Gasteiger charge is -2.08. The van der Waals surface area contributed by atoms with Crippen LogP contribution in [0.1, 0.15) is 29.2 Å². The summed E-state index contributed by atoms with van der Waals surface area (Å²) >= 11 is 0. The second-order valence-electron chi connectivity index (χ2n) is 5.77. The van der Waals surface area contributed by atoms with E-state index in [-0.39, 0.29) is 18.0 Å². The standard InChI is InChI=1S/C14H20F3N5O2S/c1-9-8-12(14(15,16)17)20-22(9)7-5-6-18-25(23,24)13-10(2)19-21(4)11(13)3/h8,18H,5-7H2,1-4H3. The van der Waals surface area contributed by atoms with E-state index in [0.717, 1.165) is 6.07 Å². The Morgan fingerprint density at radius 3 is 2.32 bits per heavy atom. The van der Waals surface area contributed by atoms with Gasteiger partial charge in [-0.05, 0) is 33.3 Å². The molecule has 0 bridgehead atoms. The SMILES string of the molecule is Cc1nn(C)c(C)c1S(=O)(=O)NCCCn1nc(C(F)(F)F)cc1C. The molecule has 0 saturated heterocycles. The number of nitrogens with zero attached hydrogens (tertiary/aromatic N) is 4. The van der Waals surface area contributed by atoms with Crippen molar-refractivity contribution in [3.63, 3.8) is 0 Å². The molecule has 0 unspecified atom stereocenters. The van der Waals surface area contributed by atoms with Crippen molar-refractivity contribution < 1.29 is 21.6 Å². The highest BCUT2D eigenvalue weighted by atomic mass is 32.2. The van der Waals surface area contributed by atoms with Crippen molar-refractivity contribution in [1.82, 2.24) is 24.3 Å². The van der Waals surface area contributed by atoms with Crippen LogP contribution < -0.4 is 4.72 Å². The van der Waals surface area contributed by atoms with E-state index in [0.29, 0.717) is 23.5 Å². The molecule has 0 radical (unpaired) electrons. The summed E-state index contributed by atoms with van der Waals surface area (Å²) in [5.74, 6) is 0. The van der Waals surface area contributed by atoms with Gasteiger partial charge in [-0.3, -0.25) is 9.36 Å². The maximum Gasteiger partial charge on any atom is 0.435 e. The number of nitrogens with one attached hydrogen (secondary N) is 1. The summed E-state index contributed by atoms with van der Waals surface area (Å²) in [6.45, 7) is 5.04. The van der Waals surface area contributed by atoms with Gasteiger partial charge in [0.15, 0.2) is 5.69 Å². The Kier molecular flexibility index (Phi) is 5.28. The predicted molar refractivity (Wildman–Crippen MR) is 84.5 cm³/mol. The van der Waals surface area contributed by atoms with E-state index < -0.39 is 21.9 Å². The van der Waals surface area contributed by atoms with Crippen LogP contribution in [0.3, 0.4) is 0 Å². The fourth-order valence-electron chi connectivity index (χ4n) is 2.53. The first-order valence-corrected chi connectivity index (χ1v) is 9.03. The minimum atomic E-state index is -4.49. The average Bonchev–Trinajstić information content (AvgIpc) is 2.96. The Morgan fingerprint density at radius 2 is 1.84 bits per heavy atom. The Balaban J connectivity index is 1.98. The third-order valence-electron chi connectivity index (χ3n) is 3.82. The van der Waals surface area contributed by atoms with Gasteiger partial charge in [-0.15, -0.1) is 0 Å². The van der Waals surface area contributed by atoms with Gasteiger partial charge >= 0.3 is 6.18 Å². The van der Waals surface area contributed by atoms with Crippen LogP contribution in [0.4, 0.5) is 13.2 Å². The number of halogens is 3. The number of hydrogen-bond donors (Lipinski definition) is 1. The van der Waals surface area contributed by atoms with Crippen LogP contribution in [0, 0.1) is 20.8 Å². The molecule has 25 heavy (non-hydrogen) atoms. The van der Waals surface area contributed by atoms with Gasteiger partial charge in [-0.1, -0.05) is 0 Å². The summed E-state index contributed by atoms with van der Waals surface area (Å²) in [5, 5.41) is 7.57. The Hall–Kier alpha value is -1.88. The van der Waals surface area contributed by atoms with Gasteiger partial charge in [-0.25, -0.2) is 13.1 Å². The topological polar surface area (TPSA) is 81.8 Å². The molecular formula is C14H20F3N5O2S. The third-order valence-corrected chi connectivity index (χ3v) is 5.53. The van der Waals surface area contributed by atoms with Gasteiger partial charge in [0.25, 0.3) is 0 Å². The van der Waals surface area contributed by atoms with Crippen LogP contribution in [0.15, 0.2) is 11.0 Å². The molecule has 0 saturated carbocycles. The van der Waals surface area contributed by atoms with Gasteiger partial charge in [0.2, 0.25) is 10.0 Å². The smallest absolute Gasteiger partial charge is 0.271 e. The summed E-state index contributed by atoms with van der Waals surface area (Å²) < 4.78 is 67.7. The number of aryl methyl sites for hydroxylation is 4. The number of sulfonamides is 1. The summed E-state index contributed by atoms with van der Waals surface area (Å²) in [5.41, 5.74) is 0.328. The number of aromatic nitrogens is 4. The molecule has 2 rings (SSSR count). The molecule has 0 amide bonds.